The van der Waals surface area contributed by atoms with Crippen LogP contribution >= 0.6 is 35.7 Å². The Labute approximate surface area is 172 Å². The zero-order valence-electron chi connectivity index (χ0n) is 15.0. The van der Waals surface area contributed by atoms with Crippen molar-refractivity contribution in [3.63, 3.8) is 0 Å². The van der Waals surface area contributed by atoms with Crippen LogP contribution in [0.1, 0.15) is 31.7 Å². The lowest BCUT2D eigenvalue weighted by molar-refractivity contribution is -0.119. The SMILES string of the molecule is CCNC(=NCC(=O)NCc1ccccc1)NC1CCC(SC)C1.I. The van der Waals surface area contributed by atoms with Crippen LogP contribution in [0.15, 0.2) is 35.3 Å². The third kappa shape index (κ3) is 8.31. The highest BCUT2D eigenvalue weighted by atomic mass is 127. The van der Waals surface area contributed by atoms with Crippen molar-refractivity contribution in [1.29, 1.82) is 0 Å². The van der Waals surface area contributed by atoms with Gasteiger partial charge in [-0.1, -0.05) is 30.3 Å². The molecule has 0 saturated heterocycles. The maximum Gasteiger partial charge on any atom is 0.242 e. The first kappa shape index (κ1) is 22.1. The first-order valence-electron chi connectivity index (χ1n) is 8.59. The topological polar surface area (TPSA) is 65.5 Å². The van der Waals surface area contributed by atoms with Crippen molar-refractivity contribution in [3.05, 3.63) is 35.9 Å². The fourth-order valence-electron chi connectivity index (χ4n) is 2.80. The first-order chi connectivity index (χ1) is 11.7. The quantitative estimate of drug-likeness (QED) is 0.322. The minimum absolute atomic E-state index is 0. The Kier molecular flexibility index (Phi) is 11.0. The lowest BCUT2D eigenvalue weighted by atomic mass is 10.2. The van der Waals surface area contributed by atoms with Crippen LogP contribution in [0, 0.1) is 0 Å². The molecule has 1 aromatic rings. The second-order valence-corrected chi connectivity index (χ2v) is 7.11. The monoisotopic (exact) mass is 476 g/mol. The highest BCUT2D eigenvalue weighted by Gasteiger charge is 2.24. The lowest BCUT2D eigenvalue weighted by Gasteiger charge is -2.17. The second-order valence-electron chi connectivity index (χ2n) is 5.97. The van der Waals surface area contributed by atoms with Crippen LogP contribution in [0.5, 0.6) is 0 Å². The number of thioether (sulfide) groups is 1. The Morgan fingerprint density at radius 2 is 2.00 bits per heavy atom. The molecule has 0 spiro atoms. The molecule has 5 nitrogen and oxygen atoms in total. The van der Waals surface area contributed by atoms with E-state index in [-0.39, 0.29) is 36.4 Å². The third-order valence-corrected chi connectivity index (χ3v) is 5.21. The number of halogens is 1. The van der Waals surface area contributed by atoms with Crippen molar-refractivity contribution in [2.45, 2.75) is 44.0 Å². The van der Waals surface area contributed by atoms with E-state index in [1.54, 1.807) is 0 Å². The van der Waals surface area contributed by atoms with Crippen LogP contribution in [0.3, 0.4) is 0 Å². The van der Waals surface area contributed by atoms with E-state index in [9.17, 15) is 4.79 Å². The summed E-state index contributed by atoms with van der Waals surface area (Å²) in [7, 11) is 0. The van der Waals surface area contributed by atoms with Gasteiger partial charge in [0.2, 0.25) is 5.91 Å². The molecule has 0 aliphatic heterocycles. The fraction of sp³-hybridized carbons (Fsp3) is 0.556. The van der Waals surface area contributed by atoms with Gasteiger partial charge in [-0.15, -0.1) is 24.0 Å². The molecule has 2 unspecified atom stereocenters. The molecule has 2 rings (SSSR count). The van der Waals surface area contributed by atoms with E-state index in [1.165, 1.54) is 6.42 Å². The smallest absolute Gasteiger partial charge is 0.242 e. The van der Waals surface area contributed by atoms with E-state index in [0.717, 1.165) is 36.2 Å². The lowest BCUT2D eigenvalue weighted by Crippen LogP contribution is -2.43. The molecule has 0 heterocycles. The highest BCUT2D eigenvalue weighted by molar-refractivity contribution is 14.0. The molecule has 0 radical (unpaired) electrons. The van der Waals surface area contributed by atoms with Gasteiger partial charge in [-0.05, 0) is 38.0 Å². The zero-order chi connectivity index (χ0) is 17.2. The molecule has 2 atom stereocenters. The molecule has 1 amide bonds. The first-order valence-corrected chi connectivity index (χ1v) is 9.88. The summed E-state index contributed by atoms with van der Waals surface area (Å²) in [5, 5.41) is 10.3. The summed E-state index contributed by atoms with van der Waals surface area (Å²) in [5.74, 6) is 0.670. The molecular weight excluding hydrogens is 447 g/mol. The Hall–Kier alpha value is -0.960. The number of carbonyl (C=O) groups is 1. The van der Waals surface area contributed by atoms with Gasteiger partial charge >= 0.3 is 0 Å². The number of amides is 1. The Morgan fingerprint density at radius 3 is 2.64 bits per heavy atom. The van der Waals surface area contributed by atoms with Crippen LogP contribution in [-0.2, 0) is 11.3 Å². The summed E-state index contributed by atoms with van der Waals surface area (Å²) in [6, 6.07) is 10.4. The van der Waals surface area contributed by atoms with Crippen molar-refractivity contribution >= 4 is 47.6 Å². The van der Waals surface area contributed by atoms with Crippen molar-refractivity contribution in [2.24, 2.45) is 4.99 Å². The van der Waals surface area contributed by atoms with Crippen LogP contribution in [-0.4, -0.2) is 42.5 Å². The number of nitrogens with one attached hydrogen (secondary N) is 3. The van der Waals surface area contributed by atoms with Crippen LogP contribution in [0.4, 0.5) is 0 Å². The predicted molar refractivity (Wildman–Crippen MR) is 118 cm³/mol. The summed E-state index contributed by atoms with van der Waals surface area (Å²) in [5.41, 5.74) is 1.09. The van der Waals surface area contributed by atoms with E-state index in [0.29, 0.717) is 12.6 Å². The molecule has 1 aromatic carbocycles. The van der Waals surface area contributed by atoms with Gasteiger partial charge in [-0.2, -0.15) is 11.8 Å². The van der Waals surface area contributed by atoms with Gasteiger partial charge in [0.1, 0.15) is 6.54 Å². The number of rotatable bonds is 7. The van der Waals surface area contributed by atoms with Crippen molar-refractivity contribution in [2.75, 3.05) is 19.3 Å². The van der Waals surface area contributed by atoms with E-state index < -0.39 is 0 Å². The average Bonchev–Trinajstić information content (AvgIpc) is 3.06. The van der Waals surface area contributed by atoms with Crippen molar-refractivity contribution in [3.8, 4) is 0 Å². The van der Waals surface area contributed by atoms with Crippen molar-refractivity contribution < 1.29 is 4.79 Å². The number of carbonyl (C=O) groups excluding carboxylic acids is 1. The molecule has 140 valence electrons. The molecule has 25 heavy (non-hydrogen) atoms. The van der Waals surface area contributed by atoms with Gasteiger partial charge < -0.3 is 16.0 Å². The molecule has 1 fully saturated rings. The summed E-state index contributed by atoms with van der Waals surface area (Å²) in [6.07, 6.45) is 5.74. The Morgan fingerprint density at radius 1 is 1.24 bits per heavy atom. The van der Waals surface area contributed by atoms with E-state index in [4.69, 9.17) is 0 Å². The largest absolute Gasteiger partial charge is 0.357 e. The number of hydrogen-bond donors (Lipinski definition) is 3. The standard InChI is InChI=1S/C18H28N4OS.HI/c1-3-19-18(22-15-9-10-16(11-15)24-2)21-13-17(23)20-12-14-7-5-4-6-8-14;/h4-8,15-16H,3,9-13H2,1-2H3,(H,20,23)(H2,19,21,22);1H. The third-order valence-electron chi connectivity index (χ3n) is 4.12. The molecule has 3 N–H and O–H groups in total. The van der Waals surface area contributed by atoms with Crippen LogP contribution in [0.25, 0.3) is 0 Å². The van der Waals surface area contributed by atoms with Crippen LogP contribution < -0.4 is 16.0 Å². The Balaban J connectivity index is 0.00000312. The van der Waals surface area contributed by atoms with Crippen molar-refractivity contribution in [1.82, 2.24) is 16.0 Å². The fourth-order valence-corrected chi connectivity index (χ4v) is 3.60. The number of guanidine groups is 1. The molecule has 7 heteroatoms. The van der Waals surface area contributed by atoms with E-state index in [1.807, 2.05) is 49.0 Å². The summed E-state index contributed by atoms with van der Waals surface area (Å²) in [6.45, 7) is 3.50. The van der Waals surface area contributed by atoms with E-state index in [2.05, 4.69) is 27.2 Å². The van der Waals surface area contributed by atoms with Gasteiger partial charge in [0.15, 0.2) is 5.96 Å². The highest BCUT2D eigenvalue weighted by Crippen LogP contribution is 2.27. The minimum atomic E-state index is -0.0653. The Bertz CT molecular complexity index is 541. The number of nitrogens with zero attached hydrogens (tertiary/aromatic N) is 1. The molecule has 1 aliphatic rings. The summed E-state index contributed by atoms with van der Waals surface area (Å²) < 4.78 is 0. The summed E-state index contributed by atoms with van der Waals surface area (Å²) in [4.78, 5) is 16.4. The van der Waals surface area contributed by atoms with E-state index >= 15 is 0 Å². The second kappa shape index (κ2) is 12.4. The van der Waals surface area contributed by atoms with Gasteiger partial charge in [0.25, 0.3) is 0 Å². The molecule has 1 aliphatic carbocycles. The maximum absolute atomic E-state index is 12.0. The molecule has 0 bridgehead atoms. The predicted octanol–water partition coefficient (Wildman–Crippen LogP) is 2.76. The number of benzene rings is 1. The zero-order valence-corrected chi connectivity index (χ0v) is 18.1. The van der Waals surface area contributed by atoms with Gasteiger partial charge in [-0.3, -0.25) is 4.79 Å². The normalized spacial score (nSPS) is 19.8. The number of aliphatic imine (C=N–C) groups is 1. The maximum atomic E-state index is 12.0. The summed E-state index contributed by atoms with van der Waals surface area (Å²) >= 11 is 1.93. The minimum Gasteiger partial charge on any atom is -0.357 e. The van der Waals surface area contributed by atoms with Crippen LogP contribution in [0.2, 0.25) is 0 Å². The van der Waals surface area contributed by atoms with Gasteiger partial charge in [0.05, 0.1) is 0 Å². The van der Waals surface area contributed by atoms with Gasteiger partial charge in [-0.25, -0.2) is 4.99 Å². The van der Waals surface area contributed by atoms with Gasteiger partial charge in [0, 0.05) is 24.4 Å². The average molecular weight is 476 g/mol. The molecular formula is C18H29IN4OS. The molecule has 1 saturated carbocycles. The molecule has 0 aromatic heterocycles. The number of hydrogen-bond acceptors (Lipinski definition) is 3.